The summed E-state index contributed by atoms with van der Waals surface area (Å²) in [5.74, 6) is -5.20. The zero-order chi connectivity index (χ0) is 10.4. The first-order valence-electron chi connectivity index (χ1n) is 3.59. The third-order valence-electron chi connectivity index (χ3n) is 2.05. The Morgan fingerprint density at radius 2 is 1.69 bits per heavy atom. The van der Waals surface area contributed by atoms with Crippen LogP contribution in [0.5, 0.6) is 0 Å². The monoisotopic (exact) mass is 196 g/mol. The fourth-order valence-corrected chi connectivity index (χ4v) is 1.14. The van der Waals surface area contributed by atoms with Crippen LogP contribution in [0.1, 0.15) is 13.8 Å². The van der Waals surface area contributed by atoms with Crippen molar-refractivity contribution in [2.24, 2.45) is 0 Å². The molecule has 0 radical (unpaired) electrons. The van der Waals surface area contributed by atoms with Gasteiger partial charge in [0.05, 0.1) is 0 Å². The number of hydrogen-bond acceptors (Lipinski definition) is 1. The van der Waals surface area contributed by atoms with Crippen molar-refractivity contribution in [3.05, 3.63) is 23.1 Å². The Kier molecular flexibility index (Phi) is 2.23. The summed E-state index contributed by atoms with van der Waals surface area (Å²) in [4.78, 5) is 0. The molecule has 13 heavy (non-hydrogen) atoms. The van der Waals surface area contributed by atoms with Gasteiger partial charge in [0.25, 0.3) is 0 Å². The van der Waals surface area contributed by atoms with Crippen molar-refractivity contribution >= 4 is 0 Å². The highest BCUT2D eigenvalue weighted by Crippen LogP contribution is 2.40. The molecular formula is C8H8F4O. The van der Waals surface area contributed by atoms with Gasteiger partial charge in [-0.05, 0) is 13.8 Å². The average molecular weight is 196 g/mol. The van der Waals surface area contributed by atoms with Crippen molar-refractivity contribution in [1.82, 2.24) is 0 Å². The fourth-order valence-electron chi connectivity index (χ4n) is 1.14. The van der Waals surface area contributed by atoms with E-state index in [4.69, 9.17) is 5.11 Å². The van der Waals surface area contributed by atoms with Gasteiger partial charge in [-0.15, -0.1) is 0 Å². The first-order valence-corrected chi connectivity index (χ1v) is 3.59. The summed E-state index contributed by atoms with van der Waals surface area (Å²) in [6, 6.07) is 0. The van der Waals surface area contributed by atoms with E-state index in [1.165, 1.54) is 0 Å². The van der Waals surface area contributed by atoms with Crippen molar-refractivity contribution in [3.8, 4) is 0 Å². The molecule has 0 saturated carbocycles. The molecule has 2 atom stereocenters. The molecule has 0 aromatic heterocycles. The second-order valence-electron chi connectivity index (χ2n) is 3.14. The second-order valence-corrected chi connectivity index (χ2v) is 3.14. The van der Waals surface area contributed by atoms with E-state index in [0.29, 0.717) is 0 Å². The maximum absolute atomic E-state index is 13.0. The predicted molar refractivity (Wildman–Crippen MR) is 38.6 cm³/mol. The lowest BCUT2D eigenvalue weighted by Gasteiger charge is -2.29. The van der Waals surface area contributed by atoms with E-state index < -0.39 is 34.8 Å². The first kappa shape index (κ1) is 10.2. The average Bonchev–Trinajstić information content (AvgIpc) is 2.09. The van der Waals surface area contributed by atoms with Gasteiger partial charge >= 0.3 is 0 Å². The molecule has 0 saturated heterocycles. The molecule has 0 aliphatic heterocycles. The maximum Gasteiger partial charge on any atom is 0.193 e. The number of halogens is 4. The van der Waals surface area contributed by atoms with Crippen LogP contribution in [-0.4, -0.2) is 16.9 Å². The van der Waals surface area contributed by atoms with Gasteiger partial charge in [0.2, 0.25) is 0 Å². The van der Waals surface area contributed by atoms with Gasteiger partial charge in [0.1, 0.15) is 0 Å². The minimum absolute atomic E-state index is 0.635. The van der Waals surface area contributed by atoms with Crippen LogP contribution in [0.2, 0.25) is 0 Å². The summed E-state index contributed by atoms with van der Waals surface area (Å²) in [6.45, 7) is 1.71. The second kappa shape index (κ2) is 2.83. The molecule has 1 aliphatic carbocycles. The molecule has 0 aromatic carbocycles. The third kappa shape index (κ3) is 1.27. The SMILES string of the molecule is CC1=C(F)C(F)=C(F)C(C)(O)C1F. The summed E-state index contributed by atoms with van der Waals surface area (Å²) < 4.78 is 51.1. The lowest BCUT2D eigenvalue weighted by Crippen LogP contribution is -2.41. The molecule has 0 spiro atoms. The minimum Gasteiger partial charge on any atom is -0.379 e. The molecule has 1 N–H and O–H groups in total. The van der Waals surface area contributed by atoms with Gasteiger partial charge in [-0.25, -0.2) is 17.6 Å². The molecule has 0 fully saturated rings. The predicted octanol–water partition coefficient (Wildman–Crippen LogP) is 2.48. The lowest BCUT2D eigenvalue weighted by atomic mass is 9.88. The molecule has 0 heterocycles. The number of allylic oxidation sites excluding steroid dienone is 2. The van der Waals surface area contributed by atoms with Crippen molar-refractivity contribution in [2.45, 2.75) is 25.6 Å². The molecule has 1 rings (SSSR count). The first-order chi connectivity index (χ1) is 5.80. The van der Waals surface area contributed by atoms with Gasteiger partial charge in [0, 0.05) is 5.57 Å². The Morgan fingerprint density at radius 1 is 1.23 bits per heavy atom. The topological polar surface area (TPSA) is 20.2 Å². The molecular weight excluding hydrogens is 188 g/mol. The standard InChI is InChI=1S/C8H8F4O/c1-3-4(9)5(10)7(12)8(2,13)6(3)11/h6,13H,1-2H3. The van der Waals surface area contributed by atoms with Crippen molar-refractivity contribution in [1.29, 1.82) is 0 Å². The maximum atomic E-state index is 13.0. The van der Waals surface area contributed by atoms with Gasteiger partial charge in [-0.1, -0.05) is 0 Å². The number of alkyl halides is 1. The van der Waals surface area contributed by atoms with E-state index in [0.717, 1.165) is 13.8 Å². The van der Waals surface area contributed by atoms with Gasteiger partial charge < -0.3 is 5.11 Å². The number of rotatable bonds is 0. The highest BCUT2D eigenvalue weighted by molar-refractivity contribution is 5.39. The van der Waals surface area contributed by atoms with Gasteiger partial charge in [0.15, 0.2) is 29.3 Å². The number of hydrogen-bond donors (Lipinski definition) is 1. The van der Waals surface area contributed by atoms with Crippen LogP contribution in [0, 0.1) is 0 Å². The van der Waals surface area contributed by atoms with E-state index in [9.17, 15) is 17.6 Å². The summed E-state index contributed by atoms with van der Waals surface area (Å²) in [7, 11) is 0. The molecule has 0 aromatic rings. The van der Waals surface area contributed by atoms with Crippen LogP contribution < -0.4 is 0 Å². The molecule has 5 heteroatoms. The summed E-state index contributed by atoms with van der Waals surface area (Å²) in [6.07, 6.45) is -2.26. The zero-order valence-corrected chi connectivity index (χ0v) is 7.04. The fraction of sp³-hybridized carbons (Fsp3) is 0.500. The van der Waals surface area contributed by atoms with Crippen LogP contribution in [0.25, 0.3) is 0 Å². The molecule has 74 valence electrons. The van der Waals surface area contributed by atoms with Crippen molar-refractivity contribution < 1.29 is 22.7 Å². The molecule has 1 nitrogen and oxygen atoms in total. The van der Waals surface area contributed by atoms with Crippen LogP contribution in [0.4, 0.5) is 17.6 Å². The lowest BCUT2D eigenvalue weighted by molar-refractivity contribution is 0.00251. The molecule has 0 amide bonds. The Hall–Kier alpha value is -0.840. The Labute approximate surface area is 72.4 Å². The van der Waals surface area contributed by atoms with E-state index in [1.807, 2.05) is 0 Å². The Bertz CT molecular complexity index is 303. The summed E-state index contributed by atoms with van der Waals surface area (Å²) in [5.41, 5.74) is -3.24. The largest absolute Gasteiger partial charge is 0.379 e. The van der Waals surface area contributed by atoms with E-state index in [-0.39, 0.29) is 0 Å². The highest BCUT2D eigenvalue weighted by Gasteiger charge is 2.46. The quantitative estimate of drug-likeness (QED) is 0.590. The van der Waals surface area contributed by atoms with Gasteiger partial charge in [-0.2, -0.15) is 0 Å². The third-order valence-corrected chi connectivity index (χ3v) is 2.05. The smallest absolute Gasteiger partial charge is 0.193 e. The van der Waals surface area contributed by atoms with Crippen molar-refractivity contribution in [3.63, 3.8) is 0 Å². The Morgan fingerprint density at radius 3 is 2.15 bits per heavy atom. The van der Waals surface area contributed by atoms with Gasteiger partial charge in [-0.3, -0.25) is 0 Å². The van der Waals surface area contributed by atoms with Crippen LogP contribution in [0.3, 0.4) is 0 Å². The van der Waals surface area contributed by atoms with E-state index in [1.54, 1.807) is 0 Å². The highest BCUT2D eigenvalue weighted by atomic mass is 19.2. The van der Waals surface area contributed by atoms with Crippen molar-refractivity contribution in [2.75, 3.05) is 0 Å². The van der Waals surface area contributed by atoms with Crippen LogP contribution in [0.15, 0.2) is 23.1 Å². The molecule has 0 bridgehead atoms. The van der Waals surface area contributed by atoms with Crippen LogP contribution >= 0.6 is 0 Å². The summed E-state index contributed by atoms with van der Waals surface area (Å²) in [5, 5.41) is 9.12. The van der Waals surface area contributed by atoms with Crippen LogP contribution in [-0.2, 0) is 0 Å². The van der Waals surface area contributed by atoms with E-state index >= 15 is 0 Å². The summed E-state index contributed by atoms with van der Waals surface area (Å²) >= 11 is 0. The normalized spacial score (nSPS) is 35.8. The number of aliphatic hydroxyl groups is 1. The zero-order valence-electron chi connectivity index (χ0n) is 7.04. The molecule has 2 unspecified atom stereocenters. The minimum atomic E-state index is -2.61. The molecule has 1 aliphatic rings. The Balaban J connectivity index is 3.32. The van der Waals surface area contributed by atoms with E-state index in [2.05, 4.69) is 0 Å².